The van der Waals surface area contributed by atoms with Crippen molar-refractivity contribution < 1.29 is 6.90 Å². The van der Waals surface area contributed by atoms with Gasteiger partial charge in [-0.15, -0.1) is 12.4 Å². The van der Waals surface area contributed by atoms with Crippen LogP contribution in [0.15, 0.2) is 72.8 Å². The first-order chi connectivity index (χ1) is 20.7. The lowest BCUT2D eigenvalue weighted by Gasteiger charge is -2.11. The summed E-state index contributed by atoms with van der Waals surface area (Å²) in [6, 6.07) is 25.2. The molecule has 0 aromatic heterocycles. The van der Waals surface area contributed by atoms with Gasteiger partial charge in [0.2, 0.25) is 0 Å². The van der Waals surface area contributed by atoms with E-state index in [4.69, 9.17) is 0 Å². The van der Waals surface area contributed by atoms with Crippen molar-refractivity contribution in [1.29, 1.82) is 0 Å². The smallest absolute Gasteiger partial charge is 0 e. The zero-order valence-electron chi connectivity index (χ0n) is 30.8. The predicted molar refractivity (Wildman–Crippen MR) is 209 cm³/mol. The van der Waals surface area contributed by atoms with Crippen LogP contribution in [0.3, 0.4) is 0 Å². The average Bonchev–Trinajstić information content (AvgIpc) is 3.03. The van der Waals surface area contributed by atoms with E-state index in [1.54, 1.807) is 0 Å². The van der Waals surface area contributed by atoms with Gasteiger partial charge in [0.25, 0.3) is 0 Å². The molecule has 45 heavy (non-hydrogen) atoms. The maximum Gasteiger partial charge on any atom is 0 e. The lowest BCUT2D eigenvalue weighted by atomic mass is 9.95. The number of benzene rings is 3. The second-order valence-electron chi connectivity index (χ2n) is 12.7. The van der Waals surface area contributed by atoms with E-state index in [0.717, 1.165) is 24.7 Å². The van der Waals surface area contributed by atoms with Crippen LogP contribution in [0.25, 0.3) is 5.57 Å². The Morgan fingerprint density at radius 2 is 1.24 bits per heavy atom. The van der Waals surface area contributed by atoms with E-state index in [0.29, 0.717) is 0 Å². The summed E-state index contributed by atoms with van der Waals surface area (Å²) < 4.78 is 0. The number of unbranched alkanes of at least 4 members (excludes halogenated alkanes) is 2. The van der Waals surface area contributed by atoms with E-state index >= 15 is 0 Å². The van der Waals surface area contributed by atoms with E-state index < -0.39 is 0 Å². The van der Waals surface area contributed by atoms with Crippen LogP contribution >= 0.6 is 12.4 Å². The molecule has 0 saturated carbocycles. The van der Waals surface area contributed by atoms with Crippen molar-refractivity contribution in [3.63, 3.8) is 0 Å². The van der Waals surface area contributed by atoms with Crippen molar-refractivity contribution in [3.05, 3.63) is 112 Å². The van der Waals surface area contributed by atoms with Gasteiger partial charge in [0, 0.05) is 1.43 Å². The molecule has 256 valence electrons. The number of hydrogen-bond donors (Lipinski definition) is 0. The Hall–Kier alpha value is -2.35. The third-order valence-corrected chi connectivity index (χ3v) is 8.67. The normalized spacial score (nSPS) is 10.7. The van der Waals surface area contributed by atoms with Crippen molar-refractivity contribution >= 4 is 18.0 Å². The largest absolute Gasteiger partial charge is 0.412 e. The van der Waals surface area contributed by atoms with Gasteiger partial charge in [0.05, 0.1) is 0 Å². The molecule has 0 aliphatic carbocycles. The van der Waals surface area contributed by atoms with E-state index in [-0.39, 0.29) is 19.3 Å². The molecule has 3 aromatic rings. The topological polar surface area (TPSA) is 31.5 Å². The van der Waals surface area contributed by atoms with Gasteiger partial charge >= 0.3 is 0 Å². The molecule has 0 unspecified atom stereocenters. The van der Waals surface area contributed by atoms with E-state index in [1.165, 1.54) is 102 Å². The summed E-state index contributed by atoms with van der Waals surface area (Å²) in [7, 11) is 0. The first kappa shape index (κ1) is 44.8. The molecule has 2 N–H and O–H groups in total. The Balaban J connectivity index is -0.00000137. The first-order valence-electron chi connectivity index (χ1n) is 17.7. The lowest BCUT2D eigenvalue weighted by molar-refractivity contribution is 0.434. The van der Waals surface area contributed by atoms with Gasteiger partial charge in [-0.2, -0.15) is 0 Å². The number of allylic oxidation sites excluding steroid dienone is 2. The molecule has 0 atom stereocenters. The maximum atomic E-state index is 2.36. The molecule has 1 nitrogen and oxygen atoms in total. The van der Waals surface area contributed by atoms with Crippen LogP contribution in [0.5, 0.6) is 0 Å². The molecule has 3 rings (SSSR count). The van der Waals surface area contributed by atoms with Gasteiger partial charge in [-0.3, -0.25) is 0 Å². The van der Waals surface area contributed by atoms with Gasteiger partial charge in [-0.05, 0) is 103 Å². The average molecular weight is 639 g/mol. The minimum atomic E-state index is 0. The molecule has 0 aliphatic rings. The van der Waals surface area contributed by atoms with Gasteiger partial charge in [0.1, 0.15) is 0 Å². The van der Waals surface area contributed by atoms with Gasteiger partial charge in [0.15, 0.2) is 0 Å². The van der Waals surface area contributed by atoms with Crippen LogP contribution in [0.2, 0.25) is 0 Å². The minimum Gasteiger partial charge on any atom is -0.412 e. The molecular formula is C43H71ClO. The maximum absolute atomic E-state index is 2.36. The van der Waals surface area contributed by atoms with E-state index in [2.05, 4.69) is 128 Å². The second kappa shape index (κ2) is 26.8. The molecule has 0 saturated heterocycles. The second-order valence-corrected chi connectivity index (χ2v) is 12.7. The fourth-order valence-corrected chi connectivity index (χ4v) is 5.34. The van der Waals surface area contributed by atoms with Crippen LogP contribution < -0.4 is 0 Å². The highest BCUT2D eigenvalue weighted by atomic mass is 35.5. The highest BCUT2D eigenvalue weighted by Gasteiger charge is 2.04. The number of hydrogen-bond acceptors (Lipinski definition) is 0. The third-order valence-electron chi connectivity index (χ3n) is 8.67. The van der Waals surface area contributed by atoms with Crippen molar-refractivity contribution in [3.8, 4) is 0 Å². The highest BCUT2D eigenvalue weighted by Crippen LogP contribution is 2.20. The molecule has 0 spiro atoms. The molecule has 0 fully saturated rings. The minimum absolute atomic E-state index is 0. The van der Waals surface area contributed by atoms with Crippen molar-refractivity contribution in [1.82, 2.24) is 0 Å². The fraction of sp³-hybridized carbons (Fsp3) is 0.535. The van der Waals surface area contributed by atoms with Gasteiger partial charge in [-0.25, -0.2) is 0 Å². The molecule has 2 heteroatoms. The molecule has 0 amide bonds. The fourth-order valence-electron chi connectivity index (χ4n) is 5.34. The predicted octanol–water partition coefficient (Wildman–Crippen LogP) is 13.4. The summed E-state index contributed by atoms with van der Waals surface area (Å²) in [6.45, 7) is 22.0. The molecule has 0 heterocycles. The molecule has 0 radical (unpaired) electrons. The third kappa shape index (κ3) is 19.0. The van der Waals surface area contributed by atoms with Crippen LogP contribution in [0.1, 0.15) is 147 Å². The number of rotatable bonds is 15. The van der Waals surface area contributed by atoms with Crippen molar-refractivity contribution in [2.45, 2.75) is 140 Å². The molecule has 0 bridgehead atoms. The highest BCUT2D eigenvalue weighted by molar-refractivity contribution is 5.85. The van der Waals surface area contributed by atoms with Crippen molar-refractivity contribution in [2.75, 3.05) is 0 Å². The van der Waals surface area contributed by atoms with Crippen LogP contribution in [-0.4, -0.2) is 5.48 Å². The summed E-state index contributed by atoms with van der Waals surface area (Å²) in [5.74, 6) is 1.82. The first-order valence-corrected chi connectivity index (χ1v) is 17.7. The zero-order valence-corrected chi connectivity index (χ0v) is 31.6. The Morgan fingerprint density at radius 1 is 0.689 bits per heavy atom. The van der Waals surface area contributed by atoms with Crippen LogP contribution in [0.4, 0.5) is 0 Å². The van der Waals surface area contributed by atoms with Crippen LogP contribution in [0, 0.1) is 25.7 Å². The Bertz CT molecular complexity index is 1140. The number of aryl methyl sites for hydroxylation is 3. The van der Waals surface area contributed by atoms with Crippen molar-refractivity contribution in [2.24, 2.45) is 11.8 Å². The molecule has 0 aliphatic heterocycles. The summed E-state index contributed by atoms with van der Waals surface area (Å²) >= 11 is 0. The summed E-state index contributed by atoms with van der Waals surface area (Å²) in [5, 5.41) is 0. The van der Waals surface area contributed by atoms with E-state index in [9.17, 15) is 0 Å². The number of halogens is 1. The summed E-state index contributed by atoms with van der Waals surface area (Å²) in [5.41, 5.74) is 11.1. The van der Waals surface area contributed by atoms with E-state index in [1.807, 2.05) is 13.8 Å². The lowest BCUT2D eigenvalue weighted by Crippen LogP contribution is -1.97. The standard InChI is InChI=1S/C34H44.C7H16.C2H6.ClH.H2O.H2/c1-6-29(7-2)10-8-9-11-30-20-22-34(23-21-30)27(4)13-14-31-16-18-32(19-17-31)25-33-15-12-26(3)28(5)24-33;1-4-5-6-7(2)3;1-2;;;/h12-13,15-24,29H,6-11,14,25H2,1-5H3;7H,4-6H2,1-3H3;1-2H3;1H;1H2;1H/b27-13+;;;;;. The van der Waals surface area contributed by atoms with Gasteiger partial charge in [-0.1, -0.05) is 166 Å². The SMILES string of the molecule is CC.CCC(CC)CCCCc1ccc(/C(C)=C/Cc2ccc(Cc3ccc(C)c(C)c3)cc2)cc1.CCCCC(C)C.Cl.O.[HH]. The quantitative estimate of drug-likeness (QED) is 0.148. The molecular weight excluding hydrogens is 568 g/mol. The zero-order chi connectivity index (χ0) is 32.0. The monoisotopic (exact) mass is 639 g/mol. The van der Waals surface area contributed by atoms with Gasteiger partial charge < -0.3 is 5.48 Å². The Kier molecular flexibility index (Phi) is 26.7. The summed E-state index contributed by atoms with van der Waals surface area (Å²) in [6.07, 6.45) is 16.4. The Morgan fingerprint density at radius 3 is 1.76 bits per heavy atom. The Labute approximate surface area is 287 Å². The summed E-state index contributed by atoms with van der Waals surface area (Å²) in [4.78, 5) is 0. The molecule has 3 aromatic carbocycles. The van der Waals surface area contributed by atoms with Crippen LogP contribution in [-0.2, 0) is 19.3 Å².